The minimum atomic E-state index is 0.465. The molecule has 0 aliphatic rings. The van der Waals surface area contributed by atoms with Crippen molar-refractivity contribution in [2.24, 2.45) is 5.92 Å². The van der Waals surface area contributed by atoms with E-state index in [0.29, 0.717) is 12.5 Å². The summed E-state index contributed by atoms with van der Waals surface area (Å²) < 4.78 is 5.09. The third-order valence-corrected chi connectivity index (χ3v) is 2.27. The Bertz CT molecular complexity index is 339. The lowest BCUT2D eigenvalue weighted by Crippen LogP contribution is -2.09. The first-order valence-corrected chi connectivity index (χ1v) is 6.25. The monoisotopic (exact) mass is 237 g/mol. The molecule has 1 N–H and O–H groups in total. The molecule has 17 heavy (non-hydrogen) atoms. The molecule has 1 heterocycles. The number of methoxy groups -OCH3 is 1. The molecule has 0 saturated heterocycles. The number of anilines is 1. The second-order valence-corrected chi connectivity index (χ2v) is 4.62. The van der Waals surface area contributed by atoms with Gasteiger partial charge in [0.1, 0.15) is 12.4 Å². The van der Waals surface area contributed by atoms with Gasteiger partial charge in [0, 0.05) is 25.4 Å². The second kappa shape index (κ2) is 7.22. The first-order valence-electron chi connectivity index (χ1n) is 6.25. The molecule has 96 valence electrons. The third-order valence-electron chi connectivity index (χ3n) is 2.27. The average molecular weight is 237 g/mol. The summed E-state index contributed by atoms with van der Waals surface area (Å²) in [4.78, 5) is 8.92. The Morgan fingerprint density at radius 3 is 2.71 bits per heavy atom. The van der Waals surface area contributed by atoms with E-state index in [1.807, 2.05) is 6.07 Å². The van der Waals surface area contributed by atoms with E-state index in [1.165, 1.54) is 0 Å². The van der Waals surface area contributed by atoms with Crippen molar-refractivity contribution < 1.29 is 4.74 Å². The van der Waals surface area contributed by atoms with Crippen LogP contribution in [0.1, 0.15) is 38.7 Å². The maximum atomic E-state index is 5.09. The average Bonchev–Trinajstić information content (AvgIpc) is 2.25. The molecule has 0 aliphatic heterocycles. The summed E-state index contributed by atoms with van der Waals surface area (Å²) in [5.41, 5.74) is 1.08. The quantitative estimate of drug-likeness (QED) is 0.792. The lowest BCUT2D eigenvalue weighted by molar-refractivity contribution is 0.177. The van der Waals surface area contributed by atoms with Gasteiger partial charge in [-0.2, -0.15) is 0 Å². The SMILES string of the molecule is CCCNc1cc(CC(C)C)nc(COC)n1. The summed E-state index contributed by atoms with van der Waals surface area (Å²) in [6, 6.07) is 2.04. The maximum Gasteiger partial charge on any atom is 0.156 e. The molecule has 4 heteroatoms. The van der Waals surface area contributed by atoms with Crippen molar-refractivity contribution in [2.45, 2.75) is 40.2 Å². The predicted molar refractivity (Wildman–Crippen MR) is 70.1 cm³/mol. The molecular formula is C13H23N3O. The topological polar surface area (TPSA) is 47.0 Å². The van der Waals surface area contributed by atoms with Crippen molar-refractivity contribution in [1.82, 2.24) is 9.97 Å². The van der Waals surface area contributed by atoms with E-state index in [2.05, 4.69) is 36.1 Å². The molecule has 0 amide bonds. The molecule has 0 fully saturated rings. The van der Waals surface area contributed by atoms with Gasteiger partial charge in [-0.3, -0.25) is 0 Å². The van der Waals surface area contributed by atoms with Gasteiger partial charge >= 0.3 is 0 Å². The van der Waals surface area contributed by atoms with E-state index in [1.54, 1.807) is 7.11 Å². The molecule has 0 atom stereocenters. The predicted octanol–water partition coefficient (Wildman–Crippen LogP) is 2.64. The standard InChI is InChI=1S/C13H23N3O/c1-5-6-14-12-8-11(7-10(2)3)15-13(16-12)9-17-4/h8,10H,5-7,9H2,1-4H3,(H,14,15,16). The van der Waals surface area contributed by atoms with Crippen LogP contribution in [0.15, 0.2) is 6.07 Å². The number of hydrogen-bond acceptors (Lipinski definition) is 4. The molecule has 0 unspecified atom stereocenters. The van der Waals surface area contributed by atoms with Crippen LogP contribution in [0.2, 0.25) is 0 Å². The van der Waals surface area contributed by atoms with Crippen LogP contribution in [-0.2, 0) is 17.8 Å². The summed E-state index contributed by atoms with van der Waals surface area (Å²) in [7, 11) is 1.66. The van der Waals surface area contributed by atoms with E-state index >= 15 is 0 Å². The molecule has 0 bridgehead atoms. The van der Waals surface area contributed by atoms with E-state index in [0.717, 1.165) is 36.7 Å². The Morgan fingerprint density at radius 2 is 2.12 bits per heavy atom. The van der Waals surface area contributed by atoms with Crippen molar-refractivity contribution in [3.05, 3.63) is 17.6 Å². The van der Waals surface area contributed by atoms with Crippen LogP contribution >= 0.6 is 0 Å². The Hall–Kier alpha value is -1.16. The minimum Gasteiger partial charge on any atom is -0.377 e. The molecule has 1 rings (SSSR count). The van der Waals surface area contributed by atoms with E-state index < -0.39 is 0 Å². The van der Waals surface area contributed by atoms with Crippen molar-refractivity contribution in [3.63, 3.8) is 0 Å². The zero-order valence-electron chi connectivity index (χ0n) is 11.3. The van der Waals surface area contributed by atoms with Crippen molar-refractivity contribution >= 4 is 5.82 Å². The smallest absolute Gasteiger partial charge is 0.156 e. The first-order chi connectivity index (χ1) is 8.15. The third kappa shape index (κ3) is 5.13. The van der Waals surface area contributed by atoms with E-state index in [-0.39, 0.29) is 0 Å². The van der Waals surface area contributed by atoms with E-state index in [4.69, 9.17) is 4.74 Å². The Balaban J connectivity index is 2.84. The molecule has 1 aromatic heterocycles. The van der Waals surface area contributed by atoms with Crippen LogP contribution in [0.5, 0.6) is 0 Å². The maximum absolute atomic E-state index is 5.09. The molecule has 4 nitrogen and oxygen atoms in total. The van der Waals surface area contributed by atoms with Gasteiger partial charge in [0.05, 0.1) is 0 Å². The van der Waals surface area contributed by atoms with Gasteiger partial charge in [0.25, 0.3) is 0 Å². The van der Waals surface area contributed by atoms with Gasteiger partial charge < -0.3 is 10.1 Å². The fourth-order valence-corrected chi connectivity index (χ4v) is 1.61. The van der Waals surface area contributed by atoms with Gasteiger partial charge in [-0.1, -0.05) is 20.8 Å². The van der Waals surface area contributed by atoms with Gasteiger partial charge in [-0.05, 0) is 18.8 Å². The van der Waals surface area contributed by atoms with Crippen molar-refractivity contribution in [2.75, 3.05) is 19.0 Å². The normalized spacial score (nSPS) is 10.9. The first kappa shape index (κ1) is 13.9. The highest BCUT2D eigenvalue weighted by Gasteiger charge is 2.06. The number of nitrogens with zero attached hydrogens (tertiary/aromatic N) is 2. The van der Waals surface area contributed by atoms with Crippen LogP contribution in [0.4, 0.5) is 5.82 Å². The zero-order valence-corrected chi connectivity index (χ0v) is 11.3. The van der Waals surface area contributed by atoms with Crippen LogP contribution < -0.4 is 5.32 Å². The Morgan fingerprint density at radius 1 is 1.35 bits per heavy atom. The molecule has 0 spiro atoms. The van der Waals surface area contributed by atoms with Crippen molar-refractivity contribution in [1.29, 1.82) is 0 Å². The Kier molecular flexibility index (Phi) is 5.91. The largest absolute Gasteiger partial charge is 0.377 e. The minimum absolute atomic E-state index is 0.465. The van der Waals surface area contributed by atoms with Gasteiger partial charge in [0.15, 0.2) is 5.82 Å². The summed E-state index contributed by atoms with van der Waals surface area (Å²) >= 11 is 0. The molecule has 0 radical (unpaired) electrons. The number of ether oxygens (including phenoxy) is 1. The summed E-state index contributed by atoms with van der Waals surface area (Å²) in [6.07, 6.45) is 2.06. The van der Waals surface area contributed by atoms with Crippen LogP contribution in [-0.4, -0.2) is 23.6 Å². The highest BCUT2D eigenvalue weighted by molar-refractivity contribution is 5.36. The molecule has 1 aromatic rings. The number of nitrogens with one attached hydrogen (secondary N) is 1. The van der Waals surface area contributed by atoms with Crippen LogP contribution in [0, 0.1) is 5.92 Å². The van der Waals surface area contributed by atoms with Crippen LogP contribution in [0.3, 0.4) is 0 Å². The van der Waals surface area contributed by atoms with Gasteiger partial charge in [0.2, 0.25) is 0 Å². The Labute approximate surface area is 104 Å². The molecule has 0 aromatic carbocycles. The van der Waals surface area contributed by atoms with Crippen molar-refractivity contribution in [3.8, 4) is 0 Å². The number of aromatic nitrogens is 2. The fourth-order valence-electron chi connectivity index (χ4n) is 1.61. The fraction of sp³-hybridized carbons (Fsp3) is 0.692. The zero-order chi connectivity index (χ0) is 12.7. The van der Waals surface area contributed by atoms with Gasteiger partial charge in [-0.15, -0.1) is 0 Å². The van der Waals surface area contributed by atoms with Crippen LogP contribution in [0.25, 0.3) is 0 Å². The summed E-state index contributed by atoms with van der Waals surface area (Å²) in [5, 5.41) is 3.30. The summed E-state index contributed by atoms with van der Waals surface area (Å²) in [6.45, 7) is 7.92. The molecular weight excluding hydrogens is 214 g/mol. The number of rotatable bonds is 7. The lowest BCUT2D eigenvalue weighted by atomic mass is 10.1. The lowest BCUT2D eigenvalue weighted by Gasteiger charge is -2.10. The molecule has 0 aliphatic carbocycles. The highest BCUT2D eigenvalue weighted by atomic mass is 16.5. The van der Waals surface area contributed by atoms with E-state index in [9.17, 15) is 0 Å². The molecule has 0 saturated carbocycles. The second-order valence-electron chi connectivity index (χ2n) is 4.62. The summed E-state index contributed by atoms with van der Waals surface area (Å²) in [5.74, 6) is 2.26. The van der Waals surface area contributed by atoms with Gasteiger partial charge in [-0.25, -0.2) is 9.97 Å². The number of hydrogen-bond donors (Lipinski definition) is 1. The highest BCUT2D eigenvalue weighted by Crippen LogP contribution is 2.11.